The molecule has 0 saturated carbocycles. The Balaban J connectivity index is 2.21. The fraction of sp³-hybridized carbons (Fsp3) is 0.538. The van der Waals surface area contributed by atoms with E-state index in [-0.39, 0.29) is 22.3 Å². The molecule has 1 aliphatic heterocycles. The van der Waals surface area contributed by atoms with Gasteiger partial charge in [-0.25, -0.2) is 16.8 Å². The molecule has 1 saturated heterocycles. The molecule has 0 amide bonds. The van der Waals surface area contributed by atoms with Gasteiger partial charge in [-0.3, -0.25) is 0 Å². The van der Waals surface area contributed by atoms with Crippen LogP contribution in [0.5, 0.6) is 0 Å². The third-order valence-electron chi connectivity index (χ3n) is 3.68. The highest BCUT2D eigenvalue weighted by Crippen LogP contribution is 2.26. The predicted molar refractivity (Wildman–Crippen MR) is 78.1 cm³/mol. The lowest BCUT2D eigenvalue weighted by molar-refractivity contribution is 0.259. The summed E-state index contributed by atoms with van der Waals surface area (Å²) in [5.41, 5.74) is 0. The highest BCUT2D eigenvalue weighted by Gasteiger charge is 2.32. The van der Waals surface area contributed by atoms with Crippen molar-refractivity contribution >= 4 is 19.9 Å². The number of hydrogen-bond acceptors (Lipinski definition) is 5. The third kappa shape index (κ3) is 3.63. The van der Waals surface area contributed by atoms with Gasteiger partial charge in [0.2, 0.25) is 10.0 Å². The molecule has 21 heavy (non-hydrogen) atoms. The molecule has 1 aliphatic rings. The van der Waals surface area contributed by atoms with E-state index < -0.39 is 19.9 Å². The Labute approximate surface area is 125 Å². The van der Waals surface area contributed by atoms with E-state index >= 15 is 0 Å². The van der Waals surface area contributed by atoms with Crippen molar-refractivity contribution in [2.75, 3.05) is 26.0 Å². The summed E-state index contributed by atoms with van der Waals surface area (Å²) in [6, 6.07) is 5.27. The summed E-state index contributed by atoms with van der Waals surface area (Å²) in [6.07, 6.45) is 2.41. The average molecular weight is 333 g/mol. The Morgan fingerprint density at radius 3 is 2.24 bits per heavy atom. The van der Waals surface area contributed by atoms with Crippen molar-refractivity contribution in [3.63, 3.8) is 0 Å². The molecular weight excluding hydrogens is 314 g/mol. The minimum absolute atomic E-state index is 0.0572. The van der Waals surface area contributed by atoms with Gasteiger partial charge in [0.25, 0.3) is 0 Å². The molecule has 0 bridgehead atoms. The molecular formula is C13H19NO5S2. The first-order valence-corrected chi connectivity index (χ1v) is 9.99. The first-order valence-electron chi connectivity index (χ1n) is 6.66. The number of nitrogens with zero attached hydrogens (tertiary/aromatic N) is 1. The smallest absolute Gasteiger partial charge is 0.243 e. The van der Waals surface area contributed by atoms with Crippen LogP contribution in [0.4, 0.5) is 0 Å². The maximum Gasteiger partial charge on any atom is 0.243 e. The van der Waals surface area contributed by atoms with Crippen molar-refractivity contribution in [1.29, 1.82) is 0 Å². The molecule has 1 aromatic carbocycles. The molecule has 0 spiro atoms. The second-order valence-electron chi connectivity index (χ2n) is 5.27. The van der Waals surface area contributed by atoms with E-state index in [9.17, 15) is 16.8 Å². The number of sulfonamides is 1. The molecule has 0 radical (unpaired) electrons. The lowest BCUT2D eigenvalue weighted by atomic mass is 10.1. The monoisotopic (exact) mass is 333 g/mol. The quantitative estimate of drug-likeness (QED) is 0.846. The highest BCUT2D eigenvalue weighted by molar-refractivity contribution is 7.90. The van der Waals surface area contributed by atoms with Crippen LogP contribution in [-0.4, -0.2) is 52.2 Å². The molecule has 1 N–H and O–H groups in total. The third-order valence-corrected chi connectivity index (χ3v) is 6.68. The van der Waals surface area contributed by atoms with Crippen LogP contribution in [0.2, 0.25) is 0 Å². The van der Waals surface area contributed by atoms with Gasteiger partial charge in [-0.2, -0.15) is 4.31 Å². The summed E-state index contributed by atoms with van der Waals surface area (Å²) >= 11 is 0. The van der Waals surface area contributed by atoms with Crippen molar-refractivity contribution in [2.45, 2.75) is 22.6 Å². The lowest BCUT2D eigenvalue weighted by Gasteiger charge is -2.16. The molecule has 8 heteroatoms. The van der Waals surface area contributed by atoms with Crippen LogP contribution < -0.4 is 0 Å². The normalized spacial score (nSPS) is 20.8. The molecule has 6 nitrogen and oxygen atoms in total. The Morgan fingerprint density at radius 1 is 1.14 bits per heavy atom. The first-order chi connectivity index (χ1) is 9.75. The Hall–Kier alpha value is -0.960. The Bertz CT molecular complexity index is 695. The van der Waals surface area contributed by atoms with E-state index in [1.165, 1.54) is 28.6 Å². The van der Waals surface area contributed by atoms with Crippen LogP contribution in [0.1, 0.15) is 12.8 Å². The Morgan fingerprint density at radius 2 is 1.71 bits per heavy atom. The van der Waals surface area contributed by atoms with Crippen molar-refractivity contribution in [1.82, 2.24) is 4.31 Å². The first kappa shape index (κ1) is 16.4. The molecule has 0 aliphatic carbocycles. The zero-order chi connectivity index (χ0) is 15.7. The molecule has 1 aromatic rings. The Kier molecular flexibility index (Phi) is 4.72. The minimum atomic E-state index is -3.60. The molecule has 0 aromatic heterocycles. The molecule has 1 atom stereocenters. The summed E-state index contributed by atoms with van der Waals surface area (Å²) in [6.45, 7) is 0.888. The van der Waals surface area contributed by atoms with E-state index in [0.29, 0.717) is 19.5 Å². The van der Waals surface area contributed by atoms with E-state index in [0.717, 1.165) is 12.7 Å². The number of hydrogen-bond donors (Lipinski definition) is 1. The minimum Gasteiger partial charge on any atom is -0.396 e. The largest absolute Gasteiger partial charge is 0.396 e. The maximum atomic E-state index is 12.5. The van der Waals surface area contributed by atoms with Gasteiger partial charge >= 0.3 is 0 Å². The zero-order valence-corrected chi connectivity index (χ0v) is 13.4. The SMILES string of the molecule is CS(=O)(=O)c1ccc(S(=O)(=O)N2CCC(CCO)C2)cc1. The summed E-state index contributed by atoms with van der Waals surface area (Å²) in [5, 5.41) is 8.91. The van der Waals surface area contributed by atoms with Gasteiger partial charge in [-0.1, -0.05) is 0 Å². The van der Waals surface area contributed by atoms with Crippen LogP contribution in [0.25, 0.3) is 0 Å². The van der Waals surface area contributed by atoms with Crippen molar-refractivity contribution in [2.24, 2.45) is 5.92 Å². The predicted octanol–water partition coefficient (Wildman–Crippen LogP) is 0.483. The highest BCUT2D eigenvalue weighted by atomic mass is 32.2. The zero-order valence-electron chi connectivity index (χ0n) is 11.8. The molecule has 1 heterocycles. The van der Waals surface area contributed by atoms with Crippen molar-refractivity contribution < 1.29 is 21.9 Å². The fourth-order valence-corrected chi connectivity index (χ4v) is 4.60. The van der Waals surface area contributed by atoms with Gasteiger partial charge < -0.3 is 5.11 Å². The van der Waals surface area contributed by atoms with Gasteiger partial charge in [0.05, 0.1) is 9.79 Å². The molecule has 118 valence electrons. The van der Waals surface area contributed by atoms with Crippen LogP contribution in [0, 0.1) is 5.92 Å². The molecule has 1 unspecified atom stereocenters. The maximum absolute atomic E-state index is 12.5. The van der Waals surface area contributed by atoms with Crippen molar-refractivity contribution in [3.05, 3.63) is 24.3 Å². The summed E-state index contributed by atoms with van der Waals surface area (Å²) in [4.78, 5) is 0.195. The lowest BCUT2D eigenvalue weighted by Crippen LogP contribution is -2.29. The molecule has 1 fully saturated rings. The van der Waals surface area contributed by atoms with Gasteiger partial charge in [0.15, 0.2) is 9.84 Å². The summed E-state index contributed by atoms with van der Waals surface area (Å²) in [5.74, 6) is 0.181. The average Bonchev–Trinajstić information content (AvgIpc) is 2.88. The van der Waals surface area contributed by atoms with Gasteiger partial charge in [-0.15, -0.1) is 0 Å². The standard InChI is InChI=1S/C13H19NO5S2/c1-20(16,17)12-2-4-13(5-3-12)21(18,19)14-8-6-11(10-14)7-9-15/h2-5,11,15H,6-10H2,1H3. The van der Waals surface area contributed by atoms with E-state index in [2.05, 4.69) is 0 Å². The van der Waals surface area contributed by atoms with Crippen molar-refractivity contribution in [3.8, 4) is 0 Å². The number of benzene rings is 1. The van der Waals surface area contributed by atoms with Gasteiger partial charge in [0.1, 0.15) is 0 Å². The van der Waals surface area contributed by atoms with Crippen LogP contribution in [0.15, 0.2) is 34.1 Å². The van der Waals surface area contributed by atoms with Gasteiger partial charge in [0, 0.05) is 26.0 Å². The second kappa shape index (κ2) is 6.04. The van der Waals surface area contributed by atoms with Crippen LogP contribution in [-0.2, 0) is 19.9 Å². The number of aliphatic hydroxyl groups excluding tert-OH is 1. The number of aliphatic hydroxyl groups is 1. The van der Waals surface area contributed by atoms with E-state index in [1.807, 2.05) is 0 Å². The van der Waals surface area contributed by atoms with E-state index in [4.69, 9.17) is 5.11 Å². The van der Waals surface area contributed by atoms with E-state index in [1.54, 1.807) is 0 Å². The molecule has 2 rings (SSSR count). The number of rotatable bonds is 5. The summed E-state index contributed by atoms with van der Waals surface area (Å²) in [7, 11) is -6.93. The number of sulfone groups is 1. The van der Waals surface area contributed by atoms with Gasteiger partial charge in [-0.05, 0) is 43.0 Å². The topological polar surface area (TPSA) is 91.8 Å². The van der Waals surface area contributed by atoms with Crippen LogP contribution in [0.3, 0.4) is 0 Å². The summed E-state index contributed by atoms with van der Waals surface area (Å²) < 4.78 is 49.1. The van der Waals surface area contributed by atoms with Crippen LogP contribution >= 0.6 is 0 Å². The fourth-order valence-electron chi connectivity index (χ4n) is 2.44. The second-order valence-corrected chi connectivity index (χ2v) is 9.23.